The third kappa shape index (κ3) is 1.56. The van der Waals surface area contributed by atoms with Crippen LogP contribution in [0.5, 0.6) is 0 Å². The molecular weight excluding hydrogens is 198 g/mol. The molecule has 2 heterocycles. The maximum absolute atomic E-state index is 11.0. The van der Waals surface area contributed by atoms with Crippen LogP contribution >= 0.6 is 7.82 Å². The molecule has 2 fully saturated rings. The number of fused-ring (bicyclic) bond motifs is 1. The van der Waals surface area contributed by atoms with Crippen LogP contribution in [-0.2, 0) is 18.3 Å². The van der Waals surface area contributed by atoms with E-state index in [1.807, 2.05) is 0 Å². The van der Waals surface area contributed by atoms with Crippen molar-refractivity contribution in [2.24, 2.45) is 0 Å². The molecule has 0 aromatic rings. The molecule has 2 rings (SSSR count). The number of phosphoric acid groups is 1. The lowest BCUT2D eigenvalue weighted by atomic mass is 9.93. The third-order valence-electron chi connectivity index (χ3n) is 2.04. The van der Waals surface area contributed by atoms with Gasteiger partial charge in [-0.25, -0.2) is 4.57 Å². The standard InChI is InChI=1S/C5H8BO6P/c6-5-4-3(2(1-7)10-5)11-13(8,9)12-4/h2-5,7H,1H2,(H,8,9)/t2?,3?,4-,5?/m1/s1. The normalized spacial score (nSPS) is 55.2. The molecule has 6 nitrogen and oxygen atoms in total. The third-order valence-corrected chi connectivity index (χ3v) is 3.06. The first-order valence-corrected chi connectivity index (χ1v) is 5.24. The van der Waals surface area contributed by atoms with Crippen molar-refractivity contribution in [1.29, 1.82) is 0 Å². The zero-order chi connectivity index (χ0) is 9.64. The zero-order valence-electron chi connectivity index (χ0n) is 6.57. The number of aliphatic hydroxyl groups is 1. The smallest absolute Gasteiger partial charge is 0.394 e. The first-order chi connectivity index (χ1) is 6.03. The average Bonchev–Trinajstić information content (AvgIpc) is 2.47. The van der Waals surface area contributed by atoms with E-state index in [2.05, 4.69) is 9.05 Å². The van der Waals surface area contributed by atoms with E-state index in [4.69, 9.17) is 22.6 Å². The van der Waals surface area contributed by atoms with Gasteiger partial charge in [0.25, 0.3) is 0 Å². The second kappa shape index (κ2) is 3.05. The van der Waals surface area contributed by atoms with Gasteiger partial charge in [-0.3, -0.25) is 9.05 Å². The minimum absolute atomic E-state index is 0.321. The van der Waals surface area contributed by atoms with E-state index < -0.39 is 32.1 Å². The monoisotopic (exact) mass is 206 g/mol. The molecule has 0 amide bonds. The van der Waals surface area contributed by atoms with Crippen LogP contribution in [0, 0.1) is 0 Å². The summed E-state index contributed by atoms with van der Waals surface area (Å²) in [5.74, 6) is 0. The maximum Gasteiger partial charge on any atom is 0.473 e. The largest absolute Gasteiger partial charge is 0.473 e. The van der Waals surface area contributed by atoms with Crippen LogP contribution in [-0.4, -0.2) is 48.8 Å². The van der Waals surface area contributed by atoms with Gasteiger partial charge >= 0.3 is 7.82 Å². The molecule has 5 atom stereocenters. The summed E-state index contributed by atoms with van der Waals surface area (Å²) in [6.45, 7) is -0.321. The van der Waals surface area contributed by atoms with E-state index in [-0.39, 0.29) is 6.61 Å². The summed E-state index contributed by atoms with van der Waals surface area (Å²) >= 11 is 0. The summed E-state index contributed by atoms with van der Waals surface area (Å²) < 4.78 is 25.3. The maximum atomic E-state index is 11.0. The van der Waals surface area contributed by atoms with Crippen LogP contribution in [0.1, 0.15) is 0 Å². The van der Waals surface area contributed by atoms with Gasteiger partial charge in [0.1, 0.15) is 26.2 Å². The van der Waals surface area contributed by atoms with Crippen LogP contribution in [0.25, 0.3) is 0 Å². The highest BCUT2D eigenvalue weighted by molar-refractivity contribution is 7.47. The van der Waals surface area contributed by atoms with Gasteiger partial charge in [0.2, 0.25) is 0 Å². The Labute approximate surface area is 75.8 Å². The van der Waals surface area contributed by atoms with Crippen molar-refractivity contribution in [3.05, 3.63) is 0 Å². The molecule has 2 radical (unpaired) electrons. The molecule has 0 spiro atoms. The summed E-state index contributed by atoms with van der Waals surface area (Å²) in [4.78, 5) is 8.95. The van der Waals surface area contributed by atoms with Crippen LogP contribution in [0.4, 0.5) is 0 Å². The van der Waals surface area contributed by atoms with E-state index >= 15 is 0 Å². The van der Waals surface area contributed by atoms with Gasteiger partial charge < -0.3 is 14.7 Å². The Bertz CT molecular complexity index is 259. The molecule has 0 aromatic carbocycles. The minimum Gasteiger partial charge on any atom is -0.394 e. The van der Waals surface area contributed by atoms with Crippen molar-refractivity contribution in [1.82, 2.24) is 0 Å². The molecule has 2 aliphatic heterocycles. The molecule has 2 aliphatic rings. The topological polar surface area (TPSA) is 85.2 Å². The van der Waals surface area contributed by atoms with E-state index in [1.54, 1.807) is 0 Å². The van der Waals surface area contributed by atoms with Gasteiger partial charge in [0.05, 0.1) is 6.61 Å². The predicted octanol–water partition coefficient (Wildman–Crippen LogP) is -1.24. The highest BCUT2D eigenvalue weighted by atomic mass is 31.2. The Morgan fingerprint density at radius 1 is 1.38 bits per heavy atom. The van der Waals surface area contributed by atoms with Crippen molar-refractivity contribution in [2.45, 2.75) is 24.3 Å². The van der Waals surface area contributed by atoms with Gasteiger partial charge in [0.15, 0.2) is 0 Å². The van der Waals surface area contributed by atoms with Gasteiger partial charge in [-0.15, -0.1) is 0 Å². The first-order valence-electron chi connectivity index (χ1n) is 3.75. The molecule has 0 saturated carbocycles. The molecule has 2 saturated heterocycles. The summed E-state index contributed by atoms with van der Waals surface area (Å²) in [7, 11) is 1.46. The molecule has 0 bridgehead atoms. The van der Waals surface area contributed by atoms with Crippen molar-refractivity contribution in [3.8, 4) is 0 Å². The molecule has 72 valence electrons. The quantitative estimate of drug-likeness (QED) is 0.412. The molecule has 8 heteroatoms. The molecule has 13 heavy (non-hydrogen) atoms. The lowest BCUT2D eigenvalue weighted by Gasteiger charge is -2.13. The van der Waals surface area contributed by atoms with Crippen molar-refractivity contribution in [2.75, 3.05) is 6.61 Å². The predicted molar refractivity (Wildman–Crippen MR) is 41.1 cm³/mol. The fourth-order valence-corrected chi connectivity index (χ4v) is 2.64. The summed E-state index contributed by atoms with van der Waals surface area (Å²) in [5.41, 5.74) is 0. The lowest BCUT2D eigenvalue weighted by Crippen LogP contribution is -2.31. The Hall–Kier alpha value is 0.0949. The first kappa shape index (κ1) is 9.64. The van der Waals surface area contributed by atoms with Crippen molar-refractivity contribution >= 4 is 15.7 Å². The van der Waals surface area contributed by atoms with Gasteiger partial charge in [-0.1, -0.05) is 0 Å². The number of ether oxygens (including phenoxy) is 1. The van der Waals surface area contributed by atoms with E-state index in [0.717, 1.165) is 0 Å². The fourth-order valence-electron chi connectivity index (χ4n) is 1.48. The van der Waals surface area contributed by atoms with E-state index in [9.17, 15) is 4.57 Å². The highest BCUT2D eigenvalue weighted by Gasteiger charge is 2.54. The minimum atomic E-state index is -3.98. The summed E-state index contributed by atoms with van der Waals surface area (Å²) in [5, 5.41) is 8.81. The number of hydrogen-bond donors (Lipinski definition) is 2. The number of rotatable bonds is 1. The fraction of sp³-hybridized carbons (Fsp3) is 1.00. The Morgan fingerprint density at radius 3 is 2.62 bits per heavy atom. The van der Waals surface area contributed by atoms with Gasteiger partial charge in [0, 0.05) is 6.00 Å². The summed E-state index contributed by atoms with van der Waals surface area (Å²) in [6, 6.07) is -0.829. The molecular formula is C5H8BO6P. The second-order valence-corrected chi connectivity index (χ2v) is 4.29. The van der Waals surface area contributed by atoms with Crippen LogP contribution < -0.4 is 0 Å². The summed E-state index contributed by atoms with van der Waals surface area (Å²) in [6.07, 6.45) is -2.22. The van der Waals surface area contributed by atoms with Gasteiger partial charge in [-0.2, -0.15) is 0 Å². The molecule has 4 unspecified atom stereocenters. The Balaban J connectivity index is 2.17. The molecule has 0 aromatic heterocycles. The van der Waals surface area contributed by atoms with Crippen LogP contribution in [0.2, 0.25) is 0 Å². The molecule has 2 N–H and O–H groups in total. The number of phosphoric ester groups is 1. The zero-order valence-corrected chi connectivity index (χ0v) is 7.46. The second-order valence-electron chi connectivity index (χ2n) is 2.93. The van der Waals surface area contributed by atoms with E-state index in [1.165, 1.54) is 0 Å². The SMILES string of the molecule is [B]C1OC(CO)C2OP(=O)(O)O[C@@H]12. The van der Waals surface area contributed by atoms with Crippen molar-refractivity contribution in [3.63, 3.8) is 0 Å². The van der Waals surface area contributed by atoms with E-state index in [0.29, 0.717) is 0 Å². The lowest BCUT2D eigenvalue weighted by molar-refractivity contribution is -0.00316. The van der Waals surface area contributed by atoms with Crippen molar-refractivity contribution < 1.29 is 28.3 Å². The van der Waals surface area contributed by atoms with Crippen LogP contribution in [0.15, 0.2) is 0 Å². The number of hydrogen-bond acceptors (Lipinski definition) is 5. The molecule has 0 aliphatic carbocycles. The number of aliphatic hydroxyl groups excluding tert-OH is 1. The van der Waals surface area contributed by atoms with Gasteiger partial charge in [-0.05, 0) is 0 Å². The Kier molecular flexibility index (Phi) is 2.26. The highest BCUT2D eigenvalue weighted by Crippen LogP contribution is 2.56. The average molecular weight is 206 g/mol. The Morgan fingerprint density at radius 2 is 2.00 bits per heavy atom. The van der Waals surface area contributed by atoms with Crippen LogP contribution in [0.3, 0.4) is 0 Å².